The molecule has 1 N–H and O–H groups in total. The summed E-state index contributed by atoms with van der Waals surface area (Å²) in [5.74, 6) is -0.787. The zero-order chi connectivity index (χ0) is 20.7. The van der Waals surface area contributed by atoms with Crippen molar-refractivity contribution in [2.45, 2.75) is 27.4 Å². The van der Waals surface area contributed by atoms with Crippen molar-refractivity contribution in [3.63, 3.8) is 0 Å². The van der Waals surface area contributed by atoms with E-state index < -0.39 is 12.5 Å². The third-order valence-corrected chi connectivity index (χ3v) is 3.95. The zero-order valence-electron chi connectivity index (χ0n) is 15.8. The van der Waals surface area contributed by atoms with Gasteiger partial charge in [0.1, 0.15) is 11.6 Å². The van der Waals surface area contributed by atoms with Crippen LogP contribution in [0.25, 0.3) is 6.08 Å². The topological polar surface area (TPSA) is 71.3 Å². The van der Waals surface area contributed by atoms with Gasteiger partial charge in [-0.3, -0.25) is 4.79 Å². The van der Waals surface area contributed by atoms with E-state index in [0.717, 1.165) is 11.1 Å². The van der Waals surface area contributed by atoms with E-state index >= 15 is 0 Å². The van der Waals surface area contributed by atoms with Crippen molar-refractivity contribution in [2.75, 3.05) is 11.9 Å². The van der Waals surface area contributed by atoms with Gasteiger partial charge >= 0.3 is 6.61 Å². The minimum atomic E-state index is -3.08. The van der Waals surface area contributed by atoms with E-state index in [2.05, 4.69) is 10.1 Å². The van der Waals surface area contributed by atoms with Gasteiger partial charge in [0.15, 0.2) is 11.5 Å². The molecule has 0 radical (unpaired) electrons. The number of hydrogen-bond donors (Lipinski definition) is 1. The molecule has 0 bridgehead atoms. The summed E-state index contributed by atoms with van der Waals surface area (Å²) in [6.45, 7) is 2.71. The van der Waals surface area contributed by atoms with Gasteiger partial charge in [-0.25, -0.2) is 0 Å². The highest BCUT2D eigenvalue weighted by Crippen LogP contribution is 2.34. The predicted molar refractivity (Wildman–Crippen MR) is 102 cm³/mol. The third kappa shape index (κ3) is 5.30. The van der Waals surface area contributed by atoms with E-state index in [1.807, 2.05) is 19.9 Å². The maximum absolute atomic E-state index is 12.8. The first-order valence-electron chi connectivity index (χ1n) is 8.56. The van der Waals surface area contributed by atoms with Crippen molar-refractivity contribution in [1.82, 2.24) is 0 Å². The number of amides is 1. The molecule has 0 saturated carbocycles. The zero-order valence-corrected chi connectivity index (χ0v) is 15.8. The number of para-hydroxylation sites is 1. The average Bonchev–Trinajstić information content (AvgIpc) is 2.64. The molecule has 2 aromatic rings. The fourth-order valence-electron chi connectivity index (χ4n) is 2.45. The molecule has 7 heteroatoms. The number of hydrogen-bond acceptors (Lipinski definition) is 4. The third-order valence-electron chi connectivity index (χ3n) is 3.95. The lowest BCUT2D eigenvalue weighted by molar-refractivity contribution is -0.112. The maximum Gasteiger partial charge on any atom is 0.387 e. The molecule has 0 heterocycles. The molecular weight excluding hydrogens is 366 g/mol. The van der Waals surface area contributed by atoms with E-state index in [4.69, 9.17) is 4.74 Å². The van der Waals surface area contributed by atoms with Crippen molar-refractivity contribution in [3.8, 4) is 17.6 Å². The maximum atomic E-state index is 12.8. The Morgan fingerprint density at radius 3 is 2.61 bits per heavy atom. The fourth-order valence-corrected chi connectivity index (χ4v) is 2.45. The van der Waals surface area contributed by atoms with Gasteiger partial charge in [-0.1, -0.05) is 18.2 Å². The Labute approximate surface area is 162 Å². The molecule has 0 spiro atoms. The number of carbonyl (C=O) groups excluding carboxylic acids is 1. The summed E-state index contributed by atoms with van der Waals surface area (Å²) in [4.78, 5) is 12.5. The minimum absolute atomic E-state index is 0.100. The van der Waals surface area contributed by atoms with Crippen LogP contribution in [0.5, 0.6) is 11.5 Å². The number of carbonyl (C=O) groups is 1. The Kier molecular flexibility index (Phi) is 7.10. The summed E-state index contributed by atoms with van der Waals surface area (Å²) in [6.07, 6.45) is 1.19. The monoisotopic (exact) mass is 386 g/mol. The molecule has 0 fully saturated rings. The standard InChI is InChI=1S/C21H20F2N2O3/c1-4-27-18-7-5-6-15(19(18)28-21(22)23)11-16(12-24)20(26)25-17-9-8-13(2)14(3)10-17/h5-11,21H,4H2,1-3H3,(H,25,26)/b16-11+. The van der Waals surface area contributed by atoms with Gasteiger partial charge in [0.05, 0.1) is 6.61 Å². The van der Waals surface area contributed by atoms with Gasteiger partial charge in [-0.15, -0.1) is 0 Å². The molecule has 2 aromatic carbocycles. The van der Waals surface area contributed by atoms with Gasteiger partial charge in [-0.2, -0.15) is 14.0 Å². The summed E-state index contributed by atoms with van der Waals surface area (Å²) in [5, 5.41) is 12.0. The minimum Gasteiger partial charge on any atom is -0.490 e. The van der Waals surface area contributed by atoms with Crippen LogP contribution in [-0.4, -0.2) is 19.1 Å². The summed E-state index contributed by atoms with van der Waals surface area (Å²) >= 11 is 0. The SMILES string of the molecule is CCOc1cccc(/C=C(\C#N)C(=O)Nc2ccc(C)c(C)c2)c1OC(F)F. The average molecular weight is 386 g/mol. The number of nitrogens with one attached hydrogen (secondary N) is 1. The van der Waals surface area contributed by atoms with Crippen molar-refractivity contribution in [1.29, 1.82) is 5.26 Å². The van der Waals surface area contributed by atoms with Crippen LogP contribution in [0, 0.1) is 25.2 Å². The highest BCUT2D eigenvalue weighted by Gasteiger charge is 2.17. The van der Waals surface area contributed by atoms with E-state index in [1.54, 1.807) is 31.2 Å². The second kappa shape index (κ2) is 9.51. The number of alkyl halides is 2. The number of nitrogens with zero attached hydrogens (tertiary/aromatic N) is 1. The van der Waals surface area contributed by atoms with Crippen LogP contribution in [0.4, 0.5) is 14.5 Å². The Balaban J connectivity index is 2.37. The molecule has 1 amide bonds. The molecule has 28 heavy (non-hydrogen) atoms. The molecule has 5 nitrogen and oxygen atoms in total. The second-order valence-electron chi connectivity index (χ2n) is 5.91. The number of rotatable bonds is 7. The van der Waals surface area contributed by atoms with Gasteiger partial charge in [0.25, 0.3) is 5.91 Å². The Morgan fingerprint density at radius 1 is 1.25 bits per heavy atom. The quantitative estimate of drug-likeness (QED) is 0.545. The van der Waals surface area contributed by atoms with Crippen molar-refractivity contribution in [3.05, 3.63) is 58.7 Å². The summed E-state index contributed by atoms with van der Waals surface area (Å²) < 4.78 is 35.5. The first kappa shape index (κ1) is 20.9. The number of ether oxygens (including phenoxy) is 2. The largest absolute Gasteiger partial charge is 0.490 e. The summed E-state index contributed by atoms with van der Waals surface area (Å²) in [7, 11) is 0. The van der Waals surface area contributed by atoms with Crippen LogP contribution < -0.4 is 14.8 Å². The van der Waals surface area contributed by atoms with Crippen LogP contribution in [0.2, 0.25) is 0 Å². The lowest BCUT2D eigenvalue weighted by Crippen LogP contribution is -2.14. The highest BCUT2D eigenvalue weighted by atomic mass is 19.3. The number of benzene rings is 2. The van der Waals surface area contributed by atoms with Crippen molar-refractivity contribution < 1.29 is 23.0 Å². The summed E-state index contributed by atoms with van der Waals surface area (Å²) in [6, 6.07) is 11.6. The van der Waals surface area contributed by atoms with Gasteiger partial charge < -0.3 is 14.8 Å². The van der Waals surface area contributed by atoms with Crippen LogP contribution in [0.3, 0.4) is 0 Å². The molecular formula is C21H20F2N2O3. The van der Waals surface area contributed by atoms with Crippen LogP contribution in [0.1, 0.15) is 23.6 Å². The first-order chi connectivity index (χ1) is 13.3. The van der Waals surface area contributed by atoms with Gasteiger partial charge in [-0.05, 0) is 56.2 Å². The number of aryl methyl sites for hydroxylation is 2. The Hall–Kier alpha value is -3.40. The van der Waals surface area contributed by atoms with Gasteiger partial charge in [0.2, 0.25) is 0 Å². The molecule has 0 atom stereocenters. The van der Waals surface area contributed by atoms with E-state index in [-0.39, 0.29) is 29.2 Å². The first-order valence-corrected chi connectivity index (χ1v) is 8.56. The summed E-state index contributed by atoms with van der Waals surface area (Å²) in [5.41, 5.74) is 2.46. The van der Waals surface area contributed by atoms with E-state index in [1.165, 1.54) is 18.2 Å². The predicted octanol–water partition coefficient (Wildman–Crippen LogP) is 4.85. The number of anilines is 1. The Bertz CT molecular complexity index is 934. The lowest BCUT2D eigenvalue weighted by atomic mass is 10.1. The molecule has 0 aliphatic rings. The van der Waals surface area contributed by atoms with Crippen LogP contribution in [0.15, 0.2) is 42.0 Å². The highest BCUT2D eigenvalue weighted by molar-refractivity contribution is 6.09. The van der Waals surface area contributed by atoms with Crippen LogP contribution in [-0.2, 0) is 4.79 Å². The smallest absolute Gasteiger partial charge is 0.387 e. The van der Waals surface area contributed by atoms with Crippen LogP contribution >= 0.6 is 0 Å². The molecule has 0 aromatic heterocycles. The second-order valence-corrected chi connectivity index (χ2v) is 5.91. The molecule has 146 valence electrons. The number of nitriles is 1. The number of halogens is 2. The molecule has 0 unspecified atom stereocenters. The normalized spacial score (nSPS) is 11.1. The Morgan fingerprint density at radius 2 is 2.00 bits per heavy atom. The van der Waals surface area contributed by atoms with Gasteiger partial charge in [0, 0.05) is 11.3 Å². The molecule has 0 saturated heterocycles. The van der Waals surface area contributed by atoms with Crippen molar-refractivity contribution >= 4 is 17.7 Å². The lowest BCUT2D eigenvalue weighted by Gasteiger charge is -2.14. The van der Waals surface area contributed by atoms with E-state index in [0.29, 0.717) is 5.69 Å². The van der Waals surface area contributed by atoms with Crippen molar-refractivity contribution in [2.24, 2.45) is 0 Å². The molecule has 0 aliphatic heterocycles. The fraction of sp³-hybridized carbons (Fsp3) is 0.238. The van der Waals surface area contributed by atoms with E-state index in [9.17, 15) is 18.8 Å². The molecule has 2 rings (SSSR count). The molecule has 0 aliphatic carbocycles.